The van der Waals surface area contributed by atoms with Crippen molar-refractivity contribution in [2.24, 2.45) is 0 Å². The van der Waals surface area contributed by atoms with E-state index >= 15 is 0 Å². The van der Waals surface area contributed by atoms with Gasteiger partial charge in [-0.05, 0) is 6.42 Å². The van der Waals surface area contributed by atoms with Crippen LogP contribution in [0.2, 0.25) is 0 Å². The zero-order valence-electron chi connectivity index (χ0n) is 11.3. The molecule has 0 aromatic rings. The number of hydrogen-bond donors (Lipinski definition) is 0. The maximum Gasteiger partial charge on any atom is 0.0704 e. The molecule has 0 unspecified atom stereocenters. The molecule has 0 N–H and O–H groups in total. The van der Waals surface area contributed by atoms with Crippen molar-refractivity contribution in [1.29, 1.82) is 0 Å². The lowest BCUT2D eigenvalue weighted by atomic mass is 10.2. The summed E-state index contributed by atoms with van der Waals surface area (Å²) in [6.45, 7) is 9.86. The third-order valence-corrected chi connectivity index (χ3v) is 2.37. The summed E-state index contributed by atoms with van der Waals surface area (Å²) in [7, 11) is 0. The minimum Gasteiger partial charge on any atom is -0.379 e. The highest BCUT2D eigenvalue weighted by Crippen LogP contribution is 2.02. The highest BCUT2D eigenvalue weighted by molar-refractivity contribution is 4.63. The van der Waals surface area contributed by atoms with Gasteiger partial charge in [-0.3, -0.25) is 0 Å². The van der Waals surface area contributed by atoms with Gasteiger partial charge in [0.25, 0.3) is 0 Å². The minimum atomic E-state index is 0.595. The van der Waals surface area contributed by atoms with Crippen LogP contribution in [0, 0.1) is 0 Å². The lowest BCUT2D eigenvalue weighted by Gasteiger charge is -2.06. The molecule has 0 amide bonds. The van der Waals surface area contributed by atoms with E-state index in [9.17, 15) is 0 Å². The molecule has 0 heterocycles. The van der Waals surface area contributed by atoms with Crippen molar-refractivity contribution in [2.45, 2.75) is 39.0 Å². The van der Waals surface area contributed by atoms with Crippen LogP contribution in [-0.2, 0) is 14.2 Å². The van der Waals surface area contributed by atoms with Crippen LogP contribution in [0.15, 0.2) is 12.7 Å². The van der Waals surface area contributed by atoms with E-state index in [1.165, 1.54) is 32.1 Å². The molecule has 0 aromatic heterocycles. The smallest absolute Gasteiger partial charge is 0.0704 e. The first kappa shape index (κ1) is 16.6. The Balaban J connectivity index is 2.87. The van der Waals surface area contributed by atoms with E-state index in [0.29, 0.717) is 33.0 Å². The van der Waals surface area contributed by atoms with Crippen LogP contribution in [-0.4, -0.2) is 39.6 Å². The molecule has 0 spiro atoms. The molecule has 0 aromatic carbocycles. The summed E-state index contributed by atoms with van der Waals surface area (Å²) >= 11 is 0. The molecular weight excluding hydrogens is 216 g/mol. The number of unbranched alkanes of at least 4 members (excludes halogenated alkanes) is 4. The summed E-state index contributed by atoms with van der Waals surface area (Å²) in [5, 5.41) is 0. The van der Waals surface area contributed by atoms with Gasteiger partial charge in [0.15, 0.2) is 0 Å². The highest BCUT2D eigenvalue weighted by atomic mass is 16.5. The molecule has 0 aliphatic carbocycles. The van der Waals surface area contributed by atoms with Crippen molar-refractivity contribution < 1.29 is 14.2 Å². The fourth-order valence-corrected chi connectivity index (χ4v) is 1.41. The predicted molar refractivity (Wildman–Crippen MR) is 71.4 cm³/mol. The second-order valence-corrected chi connectivity index (χ2v) is 4.00. The molecule has 0 saturated heterocycles. The summed E-state index contributed by atoms with van der Waals surface area (Å²) in [5.41, 5.74) is 0. The topological polar surface area (TPSA) is 27.7 Å². The van der Waals surface area contributed by atoms with Gasteiger partial charge in [0.05, 0.1) is 33.0 Å². The molecule has 0 aliphatic heterocycles. The molecule has 0 fully saturated rings. The molecule has 102 valence electrons. The number of hydrogen-bond acceptors (Lipinski definition) is 3. The second kappa shape index (κ2) is 15.6. The van der Waals surface area contributed by atoms with Crippen molar-refractivity contribution in [3.05, 3.63) is 12.7 Å². The lowest BCUT2D eigenvalue weighted by Crippen LogP contribution is -2.09. The molecular formula is C14H28O3. The van der Waals surface area contributed by atoms with Gasteiger partial charge in [0, 0.05) is 6.61 Å². The Morgan fingerprint density at radius 1 is 0.765 bits per heavy atom. The Labute approximate surface area is 106 Å². The van der Waals surface area contributed by atoms with Crippen molar-refractivity contribution in [1.82, 2.24) is 0 Å². The Hall–Kier alpha value is -0.380. The number of rotatable bonds is 14. The Bertz CT molecular complexity index is 148. The second-order valence-electron chi connectivity index (χ2n) is 4.00. The molecule has 3 nitrogen and oxygen atoms in total. The highest BCUT2D eigenvalue weighted by Gasteiger charge is 1.92. The minimum absolute atomic E-state index is 0.595. The molecule has 0 saturated carbocycles. The van der Waals surface area contributed by atoms with Crippen molar-refractivity contribution in [3.8, 4) is 0 Å². The first-order valence-corrected chi connectivity index (χ1v) is 6.76. The Morgan fingerprint density at radius 2 is 1.35 bits per heavy atom. The Morgan fingerprint density at radius 3 is 2.00 bits per heavy atom. The van der Waals surface area contributed by atoms with Crippen LogP contribution in [0.25, 0.3) is 0 Å². The monoisotopic (exact) mass is 244 g/mol. The standard InChI is InChI=1S/C14H28O3/c1-3-5-6-7-8-10-16-12-14-17-13-11-15-9-4-2/h4H,2-3,5-14H2,1H3. The normalized spacial score (nSPS) is 10.6. The third-order valence-electron chi connectivity index (χ3n) is 2.37. The van der Waals surface area contributed by atoms with Gasteiger partial charge in [-0.15, -0.1) is 6.58 Å². The molecule has 0 aliphatic rings. The molecule has 0 atom stereocenters. The van der Waals surface area contributed by atoms with Crippen LogP contribution < -0.4 is 0 Å². The van der Waals surface area contributed by atoms with E-state index < -0.39 is 0 Å². The van der Waals surface area contributed by atoms with Crippen molar-refractivity contribution in [2.75, 3.05) is 39.6 Å². The molecule has 17 heavy (non-hydrogen) atoms. The first-order valence-electron chi connectivity index (χ1n) is 6.76. The third kappa shape index (κ3) is 15.6. The van der Waals surface area contributed by atoms with Crippen LogP contribution >= 0.6 is 0 Å². The summed E-state index contributed by atoms with van der Waals surface area (Å²) in [4.78, 5) is 0. The maximum atomic E-state index is 5.46. The van der Waals surface area contributed by atoms with Crippen LogP contribution in [0.4, 0.5) is 0 Å². The van der Waals surface area contributed by atoms with E-state index in [1.54, 1.807) is 6.08 Å². The van der Waals surface area contributed by atoms with Crippen molar-refractivity contribution in [3.63, 3.8) is 0 Å². The predicted octanol–water partition coefficient (Wildman–Crippen LogP) is 3.19. The zero-order valence-corrected chi connectivity index (χ0v) is 11.3. The van der Waals surface area contributed by atoms with Gasteiger partial charge in [0.2, 0.25) is 0 Å². The van der Waals surface area contributed by atoms with Gasteiger partial charge in [0.1, 0.15) is 0 Å². The fourth-order valence-electron chi connectivity index (χ4n) is 1.41. The zero-order chi connectivity index (χ0) is 12.6. The van der Waals surface area contributed by atoms with E-state index in [-0.39, 0.29) is 0 Å². The number of ether oxygens (including phenoxy) is 3. The van der Waals surface area contributed by atoms with Crippen LogP contribution in [0.5, 0.6) is 0 Å². The summed E-state index contributed by atoms with van der Waals surface area (Å²) in [6.07, 6.45) is 8.15. The van der Waals surface area contributed by atoms with Gasteiger partial charge in [-0.25, -0.2) is 0 Å². The average molecular weight is 244 g/mol. The van der Waals surface area contributed by atoms with E-state index in [4.69, 9.17) is 14.2 Å². The lowest BCUT2D eigenvalue weighted by molar-refractivity contribution is 0.0188. The average Bonchev–Trinajstić information content (AvgIpc) is 2.35. The van der Waals surface area contributed by atoms with Gasteiger partial charge in [-0.2, -0.15) is 0 Å². The Kier molecular flexibility index (Phi) is 15.3. The molecule has 0 bridgehead atoms. The summed E-state index contributed by atoms with van der Waals surface area (Å²) in [6, 6.07) is 0. The maximum absolute atomic E-state index is 5.46. The first-order chi connectivity index (χ1) is 8.41. The van der Waals surface area contributed by atoms with E-state index in [1.807, 2.05) is 0 Å². The van der Waals surface area contributed by atoms with Crippen LogP contribution in [0.3, 0.4) is 0 Å². The van der Waals surface area contributed by atoms with Gasteiger partial charge >= 0.3 is 0 Å². The van der Waals surface area contributed by atoms with Gasteiger partial charge in [-0.1, -0.05) is 38.7 Å². The van der Waals surface area contributed by atoms with E-state index in [2.05, 4.69) is 13.5 Å². The summed E-state index contributed by atoms with van der Waals surface area (Å²) in [5.74, 6) is 0. The summed E-state index contributed by atoms with van der Waals surface area (Å²) < 4.78 is 16.0. The molecule has 0 radical (unpaired) electrons. The SMILES string of the molecule is C=CCOCCOCCOCCCCCCC. The molecule has 3 heteroatoms. The molecule has 0 rings (SSSR count). The largest absolute Gasteiger partial charge is 0.379 e. The quantitative estimate of drug-likeness (QED) is 0.347. The van der Waals surface area contributed by atoms with Crippen LogP contribution in [0.1, 0.15) is 39.0 Å². The fraction of sp³-hybridized carbons (Fsp3) is 0.857. The van der Waals surface area contributed by atoms with Gasteiger partial charge < -0.3 is 14.2 Å². The van der Waals surface area contributed by atoms with E-state index in [0.717, 1.165) is 6.61 Å². The van der Waals surface area contributed by atoms with Crippen molar-refractivity contribution >= 4 is 0 Å².